The molecule has 1 rings (SSSR count). The van der Waals surface area contributed by atoms with Crippen LogP contribution < -0.4 is 0 Å². The third kappa shape index (κ3) is 1.68. The Morgan fingerprint density at radius 2 is 2.50 bits per heavy atom. The van der Waals surface area contributed by atoms with Gasteiger partial charge in [0.1, 0.15) is 0 Å². The molecule has 0 aromatic heterocycles. The summed E-state index contributed by atoms with van der Waals surface area (Å²) in [7, 11) is 0. The van der Waals surface area contributed by atoms with E-state index >= 15 is 0 Å². The summed E-state index contributed by atoms with van der Waals surface area (Å²) in [6.07, 6.45) is 4.51. The van der Waals surface area contributed by atoms with Crippen LogP contribution in [-0.4, -0.2) is 12.3 Å². The van der Waals surface area contributed by atoms with E-state index in [2.05, 4.69) is 28.5 Å². The van der Waals surface area contributed by atoms with E-state index in [1.165, 1.54) is 5.57 Å². The summed E-state index contributed by atoms with van der Waals surface area (Å²) in [5, 5.41) is 0. The van der Waals surface area contributed by atoms with Crippen LogP contribution in [0.15, 0.2) is 11.6 Å². The minimum Gasteiger partial charge on any atom is -0.0847 e. The van der Waals surface area contributed by atoms with Crippen molar-refractivity contribution in [1.29, 1.82) is 0 Å². The van der Waals surface area contributed by atoms with Crippen LogP contribution in [0.1, 0.15) is 6.92 Å². The molecule has 0 spiro atoms. The van der Waals surface area contributed by atoms with E-state index in [1.54, 1.807) is 0 Å². The summed E-state index contributed by atoms with van der Waals surface area (Å²) in [5.74, 6) is 0. The first kappa shape index (κ1) is 6.98. The molecule has 3 heteroatoms. The average molecular weight is 211 g/mol. The van der Waals surface area contributed by atoms with E-state index < -0.39 is 4.74 Å². The van der Waals surface area contributed by atoms with Gasteiger partial charge in [0.2, 0.25) is 0 Å². The predicted octanol–water partition coefficient (Wildman–Crippen LogP) is 2.74. The maximum absolute atomic E-state index is 5.26. The normalized spacial score (nSPS) is 37.5. The highest BCUT2D eigenvalue weighted by atomic mass is 79.9. The zero-order valence-corrected chi connectivity index (χ0v) is 8.02. The van der Waals surface area contributed by atoms with Crippen molar-refractivity contribution in [2.75, 3.05) is 12.3 Å². The minimum absolute atomic E-state index is 1.05. The predicted molar refractivity (Wildman–Crippen MR) is 46.7 cm³/mol. The van der Waals surface area contributed by atoms with E-state index in [1.807, 2.05) is 0 Å². The molecule has 1 aliphatic rings. The molecule has 1 atom stereocenters. The first-order valence-corrected chi connectivity index (χ1v) is 7.73. The number of allylic oxidation sites excluding steroid dienone is 2. The Hall–Kier alpha value is 0.870. The van der Waals surface area contributed by atoms with Crippen LogP contribution in [0.2, 0.25) is 0 Å². The van der Waals surface area contributed by atoms with Crippen molar-refractivity contribution < 1.29 is 0 Å². The summed E-state index contributed by atoms with van der Waals surface area (Å²) in [6.45, 7) is 2.15. The van der Waals surface area contributed by atoms with Gasteiger partial charge in [-0.15, -0.1) is 0 Å². The maximum Gasteiger partial charge on any atom is 0.0246 e. The first-order valence-electron chi connectivity index (χ1n) is 2.53. The molecule has 1 aliphatic heterocycles. The Labute approximate surface area is 63.1 Å². The lowest BCUT2D eigenvalue weighted by molar-refractivity contribution is 1.42. The highest BCUT2D eigenvalue weighted by Gasteiger charge is 2.16. The molecule has 0 saturated carbocycles. The van der Waals surface area contributed by atoms with Crippen molar-refractivity contribution in [3.8, 4) is 0 Å². The zero-order valence-electron chi connectivity index (χ0n) is 4.72. The van der Waals surface area contributed by atoms with Crippen molar-refractivity contribution in [2.45, 2.75) is 6.92 Å². The molecule has 1 heterocycles. The fourth-order valence-electron chi connectivity index (χ4n) is 0.794. The van der Waals surface area contributed by atoms with Gasteiger partial charge in [-0.05, 0) is 22.4 Å². The molecule has 0 aromatic carbocycles. The van der Waals surface area contributed by atoms with E-state index in [4.69, 9.17) is 11.8 Å². The largest absolute Gasteiger partial charge is 0.0847 e. The highest BCUT2D eigenvalue weighted by Crippen LogP contribution is 2.58. The maximum atomic E-state index is 5.26. The third-order valence-corrected chi connectivity index (χ3v) is 5.35. The third-order valence-electron chi connectivity index (χ3n) is 1.20. The lowest BCUT2D eigenvalue weighted by atomic mass is 10.3. The van der Waals surface area contributed by atoms with Gasteiger partial charge in [0, 0.05) is 17.1 Å². The monoisotopic (exact) mass is 210 g/mol. The van der Waals surface area contributed by atoms with Crippen molar-refractivity contribution in [1.82, 2.24) is 0 Å². The molecule has 1 unspecified atom stereocenters. The van der Waals surface area contributed by atoms with Crippen LogP contribution >= 0.6 is 20.2 Å². The van der Waals surface area contributed by atoms with Gasteiger partial charge < -0.3 is 0 Å². The number of hydrogen-bond acceptors (Lipinski definition) is 1. The van der Waals surface area contributed by atoms with Crippen LogP contribution in [0.3, 0.4) is 0 Å². The van der Waals surface area contributed by atoms with Crippen molar-refractivity contribution >= 4 is 32.0 Å². The summed E-state index contributed by atoms with van der Waals surface area (Å²) in [5.41, 5.74) is 1.46. The van der Waals surface area contributed by atoms with Gasteiger partial charge in [0.25, 0.3) is 0 Å². The Morgan fingerprint density at radius 1 is 1.88 bits per heavy atom. The van der Waals surface area contributed by atoms with Gasteiger partial charge in [0.05, 0.1) is 0 Å². The second kappa shape index (κ2) is 2.24. The van der Waals surface area contributed by atoms with Gasteiger partial charge in [-0.25, -0.2) is 0 Å². The second-order valence-corrected chi connectivity index (χ2v) is 12.0. The Balaban J connectivity index is 2.69. The van der Waals surface area contributed by atoms with Crippen molar-refractivity contribution in [3.05, 3.63) is 11.6 Å². The summed E-state index contributed by atoms with van der Waals surface area (Å²) < 4.78 is -1.05. The number of hydrogen-bond donors (Lipinski definition) is 0. The van der Waals surface area contributed by atoms with Crippen molar-refractivity contribution in [2.24, 2.45) is 0 Å². The molecule has 46 valence electrons. The summed E-state index contributed by atoms with van der Waals surface area (Å²) in [4.78, 5) is 0. The number of rotatable bonds is 0. The Kier molecular flexibility index (Phi) is 1.96. The van der Waals surface area contributed by atoms with Gasteiger partial charge in [0.15, 0.2) is 0 Å². The smallest absolute Gasteiger partial charge is 0.0246 e. The van der Waals surface area contributed by atoms with Gasteiger partial charge in [-0.3, -0.25) is 0 Å². The van der Waals surface area contributed by atoms with Crippen LogP contribution in [0.4, 0.5) is 0 Å². The summed E-state index contributed by atoms with van der Waals surface area (Å²) in [6, 6.07) is 0. The zero-order chi connectivity index (χ0) is 6.20. The SMILES string of the molecule is CC1=CCP(=S)(Br)C1. The molecular formula is C5H8BrPS. The lowest BCUT2D eigenvalue weighted by Gasteiger charge is -2.01. The average Bonchev–Trinajstić information content (AvgIpc) is 1.82. The Morgan fingerprint density at radius 3 is 2.62 bits per heavy atom. The Bertz CT molecular complexity index is 173. The second-order valence-electron chi connectivity index (χ2n) is 2.18. The quantitative estimate of drug-likeness (QED) is 0.438. The summed E-state index contributed by atoms with van der Waals surface area (Å²) >= 11 is 8.82. The van der Waals surface area contributed by atoms with Crippen LogP contribution in [-0.2, 0) is 11.8 Å². The molecule has 0 aromatic rings. The van der Waals surface area contributed by atoms with E-state index in [0.29, 0.717) is 0 Å². The van der Waals surface area contributed by atoms with Crippen LogP contribution in [0.5, 0.6) is 0 Å². The van der Waals surface area contributed by atoms with E-state index in [9.17, 15) is 0 Å². The van der Waals surface area contributed by atoms with Gasteiger partial charge >= 0.3 is 0 Å². The lowest BCUT2D eigenvalue weighted by Crippen LogP contribution is -1.73. The first-order chi connectivity index (χ1) is 3.60. The van der Waals surface area contributed by atoms with Crippen molar-refractivity contribution in [3.63, 3.8) is 0 Å². The fraction of sp³-hybridized carbons (Fsp3) is 0.600. The standard InChI is InChI=1S/C5H8BrPS/c1-5-2-3-7(6,8)4-5/h2H,3-4H2,1H3. The highest BCUT2D eigenvalue weighted by molar-refractivity contribution is 9.44. The van der Waals surface area contributed by atoms with E-state index in [-0.39, 0.29) is 0 Å². The molecule has 0 nitrogen and oxygen atoms in total. The molecular weight excluding hydrogens is 203 g/mol. The molecule has 8 heavy (non-hydrogen) atoms. The molecule has 0 bridgehead atoms. The molecule has 0 fully saturated rings. The van der Waals surface area contributed by atoms with Crippen LogP contribution in [0.25, 0.3) is 0 Å². The fourth-order valence-corrected chi connectivity index (χ4v) is 4.84. The molecule has 0 amide bonds. The molecule has 0 aliphatic carbocycles. The van der Waals surface area contributed by atoms with Gasteiger partial charge in [-0.2, -0.15) is 0 Å². The van der Waals surface area contributed by atoms with E-state index in [0.717, 1.165) is 12.3 Å². The topological polar surface area (TPSA) is 0 Å². The molecule has 0 saturated heterocycles. The van der Waals surface area contributed by atoms with Gasteiger partial charge in [-0.1, -0.05) is 23.5 Å². The minimum atomic E-state index is -1.05. The molecule has 0 radical (unpaired) electrons. The molecule has 0 N–H and O–H groups in total. The van der Waals surface area contributed by atoms with Crippen LogP contribution in [0, 0.1) is 0 Å². The number of halogens is 1.